The maximum atomic E-state index is 0. The molecule has 0 aromatic rings. The van der Waals surface area contributed by atoms with Crippen molar-refractivity contribution in [2.75, 3.05) is 0 Å². The van der Waals surface area contributed by atoms with Gasteiger partial charge in [-0.25, -0.2) is 0 Å². The normalized spacial score (nSPS) is 0. The summed E-state index contributed by atoms with van der Waals surface area (Å²) in [6.45, 7) is 0. The van der Waals surface area contributed by atoms with Gasteiger partial charge in [0, 0.05) is 0 Å². The molecule has 0 spiro atoms. The number of halogens is 1. The van der Waals surface area contributed by atoms with Crippen LogP contribution in [0.4, 0.5) is 0 Å². The Bertz CT molecular complexity index is 6.00. The van der Waals surface area contributed by atoms with E-state index in [1.54, 1.807) is 0 Å². The van der Waals surface area contributed by atoms with Crippen molar-refractivity contribution in [3.05, 3.63) is 0 Å². The molecule has 4 N–H and O–H groups in total. The van der Waals surface area contributed by atoms with E-state index in [2.05, 4.69) is 0 Å². The summed E-state index contributed by atoms with van der Waals surface area (Å²) in [4.78, 5) is 0. The topological polar surface area (TPSA) is 63.0 Å². The average Bonchev–Trinajstić information content (AvgIpc) is 0. The van der Waals surface area contributed by atoms with Crippen LogP contribution < -0.4 is 12.4 Å². The van der Waals surface area contributed by atoms with Gasteiger partial charge in [-0.1, -0.05) is 0 Å². The Morgan fingerprint density at radius 2 is 0.750 bits per heavy atom. The predicted octanol–water partition coefficient (Wildman–Crippen LogP) is -4.65. The van der Waals surface area contributed by atoms with Gasteiger partial charge in [-0.05, 0) is 0 Å². The van der Waals surface area contributed by atoms with Gasteiger partial charge >= 0.3 is 17.1 Å². The molecule has 0 fully saturated rings. The molecule has 0 amide bonds. The quantitative estimate of drug-likeness (QED) is 0.300. The first kappa shape index (κ1) is 124. The number of hydrogen-bond donors (Lipinski definition) is 0. The largest absolute Gasteiger partial charge is 2.00 e. The van der Waals surface area contributed by atoms with Crippen LogP contribution in [-0.2, 0) is 17.1 Å². The van der Waals surface area contributed by atoms with Crippen LogP contribution >= 0.6 is 0 Å². The van der Waals surface area contributed by atoms with Crippen molar-refractivity contribution in [2.24, 2.45) is 0 Å². The zero-order valence-electron chi connectivity index (χ0n) is 1.68. The van der Waals surface area contributed by atoms with Gasteiger partial charge in [0.25, 0.3) is 0 Å². The Morgan fingerprint density at radius 1 is 0.750 bits per heavy atom. The van der Waals surface area contributed by atoms with Crippen LogP contribution in [0.2, 0.25) is 0 Å². The number of rotatable bonds is 0. The van der Waals surface area contributed by atoms with Gasteiger partial charge in [0.1, 0.15) is 0 Å². The molecule has 4 heteroatoms. The van der Waals surface area contributed by atoms with Crippen molar-refractivity contribution in [1.29, 1.82) is 0 Å². The third-order valence-corrected chi connectivity index (χ3v) is 0. The Balaban J connectivity index is 0. The van der Waals surface area contributed by atoms with Crippen LogP contribution in [0.3, 0.4) is 0 Å². The van der Waals surface area contributed by atoms with Crippen LogP contribution in [0.25, 0.3) is 0 Å². The van der Waals surface area contributed by atoms with E-state index in [0.29, 0.717) is 0 Å². The molecule has 0 aromatic heterocycles. The first-order valence-electron chi connectivity index (χ1n) is 0. The number of hydrogen-bond acceptors (Lipinski definition) is 0. The van der Waals surface area contributed by atoms with Gasteiger partial charge in [-0.2, -0.15) is 0 Å². The van der Waals surface area contributed by atoms with Crippen LogP contribution in [0, 0.1) is 0 Å². The minimum absolute atomic E-state index is 0. The summed E-state index contributed by atoms with van der Waals surface area (Å²) in [6, 6.07) is 0. The molecule has 0 rings (SSSR count). The van der Waals surface area contributed by atoms with Gasteiger partial charge < -0.3 is 23.4 Å². The second-order valence-corrected chi connectivity index (χ2v) is 0. The molecule has 33 valence electrons. The van der Waals surface area contributed by atoms with Crippen molar-refractivity contribution in [1.82, 2.24) is 0 Å². The summed E-state index contributed by atoms with van der Waals surface area (Å²) in [5, 5.41) is 0. The molecule has 2 nitrogen and oxygen atoms in total. The molecule has 0 aliphatic carbocycles. The molecule has 0 saturated carbocycles. The predicted molar refractivity (Wildman–Crippen MR) is 7.23 cm³/mol. The molecule has 0 heterocycles. The van der Waals surface area contributed by atoms with Gasteiger partial charge in [-0.15, -0.1) is 0 Å². The van der Waals surface area contributed by atoms with Crippen molar-refractivity contribution in [2.45, 2.75) is 0 Å². The molecule has 0 atom stereocenters. The van der Waals surface area contributed by atoms with Crippen LogP contribution in [0.1, 0.15) is 0 Å². The Kier molecular flexibility index (Phi) is 1610. The summed E-state index contributed by atoms with van der Waals surface area (Å²) >= 11 is 0. The van der Waals surface area contributed by atoms with Gasteiger partial charge in [0.2, 0.25) is 0 Å². The summed E-state index contributed by atoms with van der Waals surface area (Å²) in [5.74, 6) is 0. The van der Waals surface area contributed by atoms with Gasteiger partial charge in [-0.3, -0.25) is 0 Å². The zero-order chi connectivity index (χ0) is 0. The molecule has 4 heavy (non-hydrogen) atoms. The maximum absolute atomic E-state index is 0. The molecule has 0 aliphatic heterocycles. The van der Waals surface area contributed by atoms with E-state index in [1.807, 2.05) is 0 Å². The van der Waals surface area contributed by atoms with Gasteiger partial charge in [0.05, 0.1) is 0 Å². The van der Waals surface area contributed by atoms with Crippen LogP contribution in [0.15, 0.2) is 0 Å². The van der Waals surface area contributed by atoms with Crippen LogP contribution in [0.5, 0.6) is 0 Å². The van der Waals surface area contributed by atoms with E-state index < -0.39 is 0 Å². The van der Waals surface area contributed by atoms with Crippen molar-refractivity contribution in [3.8, 4) is 0 Å². The Morgan fingerprint density at radius 3 is 0.750 bits per heavy atom. The first-order chi connectivity index (χ1) is 0. The van der Waals surface area contributed by atoms with E-state index in [1.165, 1.54) is 0 Å². The maximum Gasteiger partial charge on any atom is 2.00 e. The Hall–Kier alpha value is 0.729. The summed E-state index contributed by atoms with van der Waals surface area (Å²) in [5.41, 5.74) is 0. The third kappa shape index (κ3) is 15.3. The van der Waals surface area contributed by atoms with Gasteiger partial charge in [0.15, 0.2) is 0 Å². The molecule has 1 radical (unpaired) electrons. The zero-order valence-corrected chi connectivity index (χ0v) is 3.38. The third-order valence-electron chi connectivity index (χ3n) is 0. The summed E-state index contributed by atoms with van der Waals surface area (Å²) in [6.07, 6.45) is 0. The van der Waals surface area contributed by atoms with E-state index in [4.69, 9.17) is 0 Å². The molecule has 0 unspecified atom stereocenters. The minimum Gasteiger partial charge on any atom is -1.00 e. The standard InChI is InChI=1S/ClH.Cu.2H2O/h1H;;2*1H2/q;+2;;/p-1. The second kappa shape index (κ2) is 52.2. The SMILES string of the molecule is O.O.[Cl-].[Cu+2]. The molecular weight excluding hydrogens is 131 g/mol. The van der Waals surface area contributed by atoms with Crippen molar-refractivity contribution in [3.63, 3.8) is 0 Å². The first-order valence-corrected chi connectivity index (χ1v) is 0. The fourth-order valence-corrected chi connectivity index (χ4v) is 0. The van der Waals surface area contributed by atoms with Crippen molar-refractivity contribution < 1.29 is 40.4 Å². The summed E-state index contributed by atoms with van der Waals surface area (Å²) < 4.78 is 0. The fourth-order valence-electron chi connectivity index (χ4n) is 0. The second-order valence-electron chi connectivity index (χ2n) is 0. The van der Waals surface area contributed by atoms with E-state index in [9.17, 15) is 0 Å². The minimum atomic E-state index is 0. The summed E-state index contributed by atoms with van der Waals surface area (Å²) in [7, 11) is 0. The monoisotopic (exact) mass is 134 g/mol. The molecule has 0 aromatic carbocycles. The van der Waals surface area contributed by atoms with Crippen LogP contribution in [-0.4, -0.2) is 11.0 Å². The molecule has 0 aliphatic rings. The van der Waals surface area contributed by atoms with E-state index in [0.717, 1.165) is 0 Å². The molecule has 0 saturated heterocycles. The molecular formula is H4ClCuO2+. The Labute approximate surface area is 41.1 Å². The fraction of sp³-hybridized carbons (Fsp3) is 0. The van der Waals surface area contributed by atoms with E-state index in [-0.39, 0.29) is 40.4 Å². The van der Waals surface area contributed by atoms with E-state index >= 15 is 0 Å². The van der Waals surface area contributed by atoms with Crippen molar-refractivity contribution >= 4 is 0 Å². The molecule has 0 bridgehead atoms. The average molecular weight is 135 g/mol. The smallest absolute Gasteiger partial charge is 1.00 e.